The van der Waals surface area contributed by atoms with Crippen molar-refractivity contribution in [2.75, 3.05) is 0 Å². The molecule has 0 aromatic carbocycles. The Morgan fingerprint density at radius 1 is 1.03 bits per heavy atom. The molecule has 0 spiro atoms. The van der Waals surface area contributed by atoms with Gasteiger partial charge in [-0.15, -0.1) is 0 Å². The van der Waals surface area contributed by atoms with Gasteiger partial charge >= 0.3 is 5.97 Å². The summed E-state index contributed by atoms with van der Waals surface area (Å²) >= 11 is 0. The summed E-state index contributed by atoms with van der Waals surface area (Å²) in [5, 5.41) is 41.4. The zero-order chi connectivity index (χ0) is 21.3. The van der Waals surface area contributed by atoms with E-state index in [0.717, 1.165) is 51.4 Å². The lowest BCUT2D eigenvalue weighted by Crippen LogP contribution is -2.54. The van der Waals surface area contributed by atoms with Gasteiger partial charge in [0.2, 0.25) is 0 Å². The van der Waals surface area contributed by atoms with E-state index in [4.69, 9.17) is 5.11 Å². The Balaban J connectivity index is 1.80. The second-order valence-corrected chi connectivity index (χ2v) is 11.0. The molecular formula is C24H42O5. The number of aliphatic carboxylic acids is 1. The molecule has 0 aromatic rings. The molecule has 10 atom stereocenters. The maximum absolute atomic E-state index is 11.1. The van der Waals surface area contributed by atoms with E-state index in [9.17, 15) is 20.1 Å². The minimum atomic E-state index is -0.749. The molecule has 3 aliphatic rings. The van der Waals surface area contributed by atoms with Crippen molar-refractivity contribution >= 4 is 5.97 Å². The number of hydrogen-bond donors (Lipinski definition) is 4. The van der Waals surface area contributed by atoms with Gasteiger partial charge in [0.25, 0.3) is 0 Å². The third-order valence-electron chi connectivity index (χ3n) is 9.16. The fraction of sp³-hybridized carbons (Fsp3) is 0.958. The summed E-state index contributed by atoms with van der Waals surface area (Å²) in [4.78, 5) is 11.0. The Bertz CT molecular complexity index is 565. The van der Waals surface area contributed by atoms with Crippen LogP contribution in [-0.4, -0.2) is 44.7 Å². The number of fused-ring (bicyclic) bond motifs is 3. The average molecular weight is 411 g/mol. The van der Waals surface area contributed by atoms with Crippen LogP contribution < -0.4 is 0 Å². The maximum atomic E-state index is 11.1. The molecule has 3 saturated carbocycles. The molecule has 0 amide bonds. The summed E-state index contributed by atoms with van der Waals surface area (Å²) in [6, 6.07) is 0. The molecular weight excluding hydrogens is 368 g/mol. The summed E-state index contributed by atoms with van der Waals surface area (Å²) in [6.07, 6.45) is 6.66. The smallest absolute Gasteiger partial charge is 0.303 e. The van der Waals surface area contributed by atoms with Crippen molar-refractivity contribution in [1.29, 1.82) is 0 Å². The van der Waals surface area contributed by atoms with E-state index in [1.807, 2.05) is 0 Å². The van der Waals surface area contributed by atoms with Crippen molar-refractivity contribution in [2.45, 2.75) is 103 Å². The van der Waals surface area contributed by atoms with Gasteiger partial charge in [-0.1, -0.05) is 27.2 Å². The largest absolute Gasteiger partial charge is 0.481 e. The minimum Gasteiger partial charge on any atom is -0.481 e. The third kappa shape index (κ3) is 4.99. The number of aliphatic hydroxyl groups is 3. The molecule has 4 N–H and O–H groups in total. The number of rotatable bonds is 4. The number of carboxylic acids is 1. The summed E-state index contributed by atoms with van der Waals surface area (Å²) in [5.74, 6) is 1.07. The van der Waals surface area contributed by atoms with E-state index in [1.165, 1.54) is 0 Å². The van der Waals surface area contributed by atoms with Crippen molar-refractivity contribution in [3.8, 4) is 0 Å². The summed E-state index contributed by atoms with van der Waals surface area (Å²) in [5.41, 5.74) is 0.0765. The highest BCUT2D eigenvalue weighted by atomic mass is 16.4. The van der Waals surface area contributed by atoms with Gasteiger partial charge in [-0.25, -0.2) is 0 Å². The predicted molar refractivity (Wildman–Crippen MR) is 112 cm³/mol. The van der Waals surface area contributed by atoms with Crippen LogP contribution in [0.5, 0.6) is 0 Å². The molecule has 0 heterocycles. The molecule has 0 radical (unpaired) electrons. The zero-order valence-corrected chi connectivity index (χ0v) is 18.5. The number of carboxylic acid groups (broad SMARTS) is 1. The first-order chi connectivity index (χ1) is 13.6. The van der Waals surface area contributed by atoms with Gasteiger partial charge < -0.3 is 20.4 Å². The van der Waals surface area contributed by atoms with Crippen molar-refractivity contribution in [1.82, 2.24) is 0 Å². The predicted octanol–water partition coefficient (Wildman–Crippen LogP) is 3.84. The molecule has 3 aliphatic carbocycles. The lowest BCUT2D eigenvalue weighted by molar-refractivity contribution is -0.143. The molecule has 5 heteroatoms. The van der Waals surface area contributed by atoms with Crippen molar-refractivity contribution < 1.29 is 25.2 Å². The second-order valence-electron chi connectivity index (χ2n) is 11.0. The van der Waals surface area contributed by atoms with Gasteiger partial charge in [0, 0.05) is 6.42 Å². The van der Waals surface area contributed by atoms with E-state index >= 15 is 0 Å². The van der Waals surface area contributed by atoms with Crippen molar-refractivity contribution in [3.05, 3.63) is 0 Å². The molecule has 0 bridgehead atoms. The van der Waals surface area contributed by atoms with Gasteiger partial charge in [-0.05, 0) is 92.3 Å². The van der Waals surface area contributed by atoms with Crippen LogP contribution in [0.3, 0.4) is 0 Å². The van der Waals surface area contributed by atoms with Crippen molar-refractivity contribution in [3.63, 3.8) is 0 Å². The molecule has 29 heavy (non-hydrogen) atoms. The van der Waals surface area contributed by atoms with Gasteiger partial charge in [-0.3, -0.25) is 4.79 Å². The zero-order valence-electron chi connectivity index (χ0n) is 18.5. The summed E-state index contributed by atoms with van der Waals surface area (Å²) in [6.45, 7) is 6.74. The van der Waals surface area contributed by atoms with E-state index in [1.54, 1.807) is 0 Å². The summed E-state index contributed by atoms with van der Waals surface area (Å²) < 4.78 is 0. The number of hydrogen-bond acceptors (Lipinski definition) is 4. The first-order valence-electron chi connectivity index (χ1n) is 11.9. The Hall–Kier alpha value is -0.650. The van der Waals surface area contributed by atoms with Crippen LogP contribution in [0.2, 0.25) is 0 Å². The highest BCUT2D eigenvalue weighted by Gasteiger charge is 2.55. The Morgan fingerprint density at radius 2 is 1.76 bits per heavy atom. The lowest BCUT2D eigenvalue weighted by Gasteiger charge is -2.57. The standard InChI is InChI=1S/C24H42O5/c1-14(5-7-22(28)29)16-6-4-15(2)23-20(13-19(26)10-16)24(3)9-8-18(25)11-17(24)12-21(23)27/h14-21,23,25-27H,4-13H2,1-3H3,(H,28,29)/t14-,15+,16+,17+,18-,19-,20+,21-,23?,24+/m1/s1. The van der Waals surface area contributed by atoms with Crippen LogP contribution in [0.25, 0.3) is 0 Å². The molecule has 0 saturated heterocycles. The molecule has 0 aromatic heterocycles. The molecule has 1 unspecified atom stereocenters. The van der Waals surface area contributed by atoms with Crippen LogP contribution in [0.4, 0.5) is 0 Å². The topological polar surface area (TPSA) is 98.0 Å². The van der Waals surface area contributed by atoms with Gasteiger partial charge in [0.1, 0.15) is 0 Å². The Labute approximate surface area is 175 Å². The molecule has 5 nitrogen and oxygen atoms in total. The SMILES string of the molecule is C[C@H](CCC(=O)O)[C@H]1CC[C@H](C)C2[C@H](O)C[C@@H]3C[C@H](O)CC[C@]3(C)[C@H]2C[C@H](O)C1. The van der Waals surface area contributed by atoms with Crippen LogP contribution in [0.1, 0.15) is 85.0 Å². The van der Waals surface area contributed by atoms with Gasteiger partial charge in [0.05, 0.1) is 18.3 Å². The van der Waals surface area contributed by atoms with Crippen LogP contribution in [0, 0.1) is 40.9 Å². The highest BCUT2D eigenvalue weighted by molar-refractivity contribution is 5.66. The molecule has 3 fully saturated rings. The first kappa shape index (κ1) is 23.0. The number of aliphatic hydroxyl groups excluding tert-OH is 3. The quantitative estimate of drug-likeness (QED) is 0.564. The fourth-order valence-electron chi connectivity index (χ4n) is 7.24. The number of carbonyl (C=O) groups is 1. The van der Waals surface area contributed by atoms with E-state index in [-0.39, 0.29) is 41.8 Å². The molecule has 0 aliphatic heterocycles. The van der Waals surface area contributed by atoms with Crippen LogP contribution in [0.15, 0.2) is 0 Å². The first-order valence-corrected chi connectivity index (χ1v) is 11.9. The average Bonchev–Trinajstić information content (AvgIpc) is 2.70. The minimum absolute atomic E-state index is 0.0765. The van der Waals surface area contributed by atoms with Gasteiger partial charge in [-0.2, -0.15) is 0 Å². The van der Waals surface area contributed by atoms with E-state index in [0.29, 0.717) is 24.2 Å². The van der Waals surface area contributed by atoms with Crippen LogP contribution in [-0.2, 0) is 4.79 Å². The monoisotopic (exact) mass is 410 g/mol. The van der Waals surface area contributed by atoms with Crippen LogP contribution >= 0.6 is 0 Å². The molecule has 168 valence electrons. The highest BCUT2D eigenvalue weighted by Crippen LogP contribution is 2.59. The summed E-state index contributed by atoms with van der Waals surface area (Å²) in [7, 11) is 0. The van der Waals surface area contributed by atoms with E-state index < -0.39 is 12.1 Å². The normalized spacial score (nSPS) is 47.1. The third-order valence-corrected chi connectivity index (χ3v) is 9.16. The Kier molecular flexibility index (Phi) is 7.33. The fourth-order valence-corrected chi connectivity index (χ4v) is 7.24. The van der Waals surface area contributed by atoms with Crippen molar-refractivity contribution in [2.24, 2.45) is 40.9 Å². The Morgan fingerprint density at radius 3 is 2.45 bits per heavy atom. The van der Waals surface area contributed by atoms with E-state index in [2.05, 4.69) is 20.8 Å². The lowest BCUT2D eigenvalue weighted by atomic mass is 9.49. The maximum Gasteiger partial charge on any atom is 0.303 e. The molecule has 3 rings (SSSR count). The van der Waals surface area contributed by atoms with Gasteiger partial charge in [0.15, 0.2) is 0 Å². The second kappa shape index (κ2) is 9.23.